The van der Waals surface area contributed by atoms with Gasteiger partial charge in [-0.2, -0.15) is 0 Å². The van der Waals surface area contributed by atoms with Crippen LogP contribution < -0.4 is 5.32 Å². The van der Waals surface area contributed by atoms with E-state index in [4.69, 9.17) is 9.26 Å². The van der Waals surface area contributed by atoms with Gasteiger partial charge in [0.05, 0.1) is 18.2 Å². The van der Waals surface area contributed by atoms with Gasteiger partial charge in [0.1, 0.15) is 5.76 Å². The maximum absolute atomic E-state index is 12.2. The van der Waals surface area contributed by atoms with Crippen molar-refractivity contribution in [3.63, 3.8) is 0 Å². The summed E-state index contributed by atoms with van der Waals surface area (Å²) >= 11 is 0. The summed E-state index contributed by atoms with van der Waals surface area (Å²) in [6.45, 7) is 8.84. The Morgan fingerprint density at radius 2 is 2.23 bits per heavy atom. The van der Waals surface area contributed by atoms with Crippen molar-refractivity contribution in [2.45, 2.75) is 46.2 Å². The zero-order valence-corrected chi connectivity index (χ0v) is 14.0. The zero-order chi connectivity index (χ0) is 16.1. The van der Waals surface area contributed by atoms with E-state index >= 15 is 0 Å². The van der Waals surface area contributed by atoms with E-state index in [1.807, 2.05) is 13.8 Å². The van der Waals surface area contributed by atoms with Gasteiger partial charge >= 0.3 is 0 Å². The van der Waals surface area contributed by atoms with Crippen LogP contribution in [0.15, 0.2) is 4.52 Å². The Labute approximate surface area is 132 Å². The van der Waals surface area contributed by atoms with Gasteiger partial charge in [0, 0.05) is 38.3 Å². The number of hydrogen-bond acceptors (Lipinski definition) is 5. The van der Waals surface area contributed by atoms with Crippen LogP contribution in [0, 0.1) is 19.8 Å². The second-order valence-electron chi connectivity index (χ2n) is 6.14. The Morgan fingerprint density at radius 3 is 2.86 bits per heavy atom. The summed E-state index contributed by atoms with van der Waals surface area (Å²) in [5, 5.41) is 6.96. The monoisotopic (exact) mass is 309 g/mol. The Hall–Kier alpha value is -1.40. The molecule has 2 rings (SSSR count). The predicted octanol–water partition coefficient (Wildman–Crippen LogP) is 1.65. The number of amides is 1. The van der Waals surface area contributed by atoms with E-state index in [1.165, 1.54) is 0 Å². The molecule has 6 heteroatoms. The van der Waals surface area contributed by atoms with Crippen molar-refractivity contribution in [2.24, 2.45) is 5.92 Å². The molecule has 1 aliphatic rings. The van der Waals surface area contributed by atoms with Crippen molar-refractivity contribution < 1.29 is 14.1 Å². The normalized spacial score (nSPS) is 22.7. The van der Waals surface area contributed by atoms with Gasteiger partial charge < -0.3 is 14.6 Å². The van der Waals surface area contributed by atoms with Gasteiger partial charge in [0.2, 0.25) is 5.91 Å². The van der Waals surface area contributed by atoms with Crippen LogP contribution in [0.3, 0.4) is 0 Å². The third-order valence-corrected chi connectivity index (χ3v) is 4.53. The van der Waals surface area contributed by atoms with E-state index in [0.29, 0.717) is 19.2 Å². The van der Waals surface area contributed by atoms with E-state index in [1.54, 1.807) is 7.11 Å². The Kier molecular flexibility index (Phi) is 5.97. The predicted molar refractivity (Wildman–Crippen MR) is 83.5 cm³/mol. The molecule has 6 nitrogen and oxygen atoms in total. The van der Waals surface area contributed by atoms with Crippen molar-refractivity contribution in [3.05, 3.63) is 17.0 Å². The molecule has 0 radical (unpaired) electrons. The number of aromatic nitrogens is 1. The highest BCUT2D eigenvalue weighted by Gasteiger charge is 2.30. The highest BCUT2D eigenvalue weighted by Crippen LogP contribution is 2.25. The lowest BCUT2D eigenvalue weighted by Gasteiger charge is -2.37. The second-order valence-corrected chi connectivity index (χ2v) is 6.14. The number of likely N-dealkylation sites (tertiary alicyclic amines) is 1. The zero-order valence-electron chi connectivity index (χ0n) is 14.0. The SMILES string of the molecule is COCCNC(=O)[C@@H]1CC[C@@H](C)N(Cc2c(C)noc2C)C1. The first-order valence-electron chi connectivity index (χ1n) is 7.95. The highest BCUT2D eigenvalue weighted by molar-refractivity contribution is 5.78. The lowest BCUT2D eigenvalue weighted by Crippen LogP contribution is -2.47. The van der Waals surface area contributed by atoms with Crippen molar-refractivity contribution >= 4 is 5.91 Å². The van der Waals surface area contributed by atoms with Crippen LogP contribution in [0.4, 0.5) is 0 Å². The van der Waals surface area contributed by atoms with Crippen molar-refractivity contribution in [1.82, 2.24) is 15.4 Å². The van der Waals surface area contributed by atoms with Crippen LogP contribution in [-0.4, -0.2) is 48.8 Å². The van der Waals surface area contributed by atoms with Gasteiger partial charge in [0.25, 0.3) is 0 Å². The van der Waals surface area contributed by atoms with Crippen LogP contribution in [0.2, 0.25) is 0 Å². The second kappa shape index (κ2) is 7.74. The first kappa shape index (κ1) is 17.0. The number of methoxy groups -OCH3 is 1. The molecule has 1 amide bonds. The summed E-state index contributed by atoms with van der Waals surface area (Å²) in [5.74, 6) is 1.05. The Balaban J connectivity index is 1.95. The highest BCUT2D eigenvalue weighted by atomic mass is 16.5. The molecule has 1 fully saturated rings. The molecule has 1 aliphatic heterocycles. The van der Waals surface area contributed by atoms with E-state index in [-0.39, 0.29) is 11.8 Å². The molecule has 1 saturated heterocycles. The fourth-order valence-electron chi connectivity index (χ4n) is 2.97. The van der Waals surface area contributed by atoms with Gasteiger partial charge in [-0.25, -0.2) is 0 Å². The molecule has 1 N–H and O–H groups in total. The molecule has 2 atom stereocenters. The lowest BCUT2D eigenvalue weighted by molar-refractivity contribution is -0.127. The molecule has 22 heavy (non-hydrogen) atoms. The Bertz CT molecular complexity index is 481. The third-order valence-electron chi connectivity index (χ3n) is 4.53. The number of nitrogens with zero attached hydrogens (tertiary/aromatic N) is 2. The molecular formula is C16H27N3O3. The fraction of sp³-hybridized carbons (Fsp3) is 0.750. The minimum absolute atomic E-state index is 0.0496. The number of nitrogens with one attached hydrogen (secondary N) is 1. The summed E-state index contributed by atoms with van der Waals surface area (Å²) < 4.78 is 10.2. The van der Waals surface area contributed by atoms with Crippen LogP contribution in [-0.2, 0) is 16.1 Å². The van der Waals surface area contributed by atoms with Crippen molar-refractivity contribution in [3.8, 4) is 0 Å². The van der Waals surface area contributed by atoms with Crippen molar-refractivity contribution in [2.75, 3.05) is 26.8 Å². The average molecular weight is 309 g/mol. The number of carbonyl (C=O) groups excluding carboxylic acids is 1. The maximum Gasteiger partial charge on any atom is 0.224 e. The minimum atomic E-state index is 0.0496. The van der Waals surface area contributed by atoms with Gasteiger partial charge in [-0.15, -0.1) is 0 Å². The molecule has 0 saturated carbocycles. The summed E-state index contributed by atoms with van der Waals surface area (Å²) in [5.41, 5.74) is 2.09. The number of rotatable bonds is 6. The van der Waals surface area contributed by atoms with Crippen molar-refractivity contribution in [1.29, 1.82) is 0 Å². The van der Waals surface area contributed by atoms with Crippen LogP contribution in [0.5, 0.6) is 0 Å². The number of ether oxygens (including phenoxy) is 1. The van der Waals surface area contributed by atoms with Gasteiger partial charge in [-0.1, -0.05) is 5.16 Å². The fourth-order valence-corrected chi connectivity index (χ4v) is 2.97. The molecule has 0 unspecified atom stereocenters. The molecule has 0 spiro atoms. The quantitative estimate of drug-likeness (QED) is 0.809. The lowest BCUT2D eigenvalue weighted by atomic mass is 9.92. The summed E-state index contributed by atoms with van der Waals surface area (Å²) in [7, 11) is 1.64. The molecule has 0 aliphatic carbocycles. The topological polar surface area (TPSA) is 67.6 Å². The molecule has 124 valence electrons. The molecule has 0 bridgehead atoms. The molecule has 2 heterocycles. The molecular weight excluding hydrogens is 282 g/mol. The average Bonchev–Trinajstić information content (AvgIpc) is 2.81. The number of carbonyl (C=O) groups is 1. The summed E-state index contributed by atoms with van der Waals surface area (Å²) in [4.78, 5) is 14.6. The van der Waals surface area contributed by atoms with E-state index in [2.05, 4.69) is 22.3 Å². The number of aryl methyl sites for hydroxylation is 2. The van der Waals surface area contributed by atoms with Crippen LogP contribution >= 0.6 is 0 Å². The smallest absolute Gasteiger partial charge is 0.224 e. The van der Waals surface area contributed by atoms with E-state index in [9.17, 15) is 4.79 Å². The number of piperidine rings is 1. The number of hydrogen-bond donors (Lipinski definition) is 1. The first-order chi connectivity index (χ1) is 10.5. The standard InChI is InChI=1S/C16H27N3O3/c1-11-5-6-14(16(20)17-7-8-21-4)9-19(11)10-15-12(2)18-22-13(15)3/h11,14H,5-10H2,1-4H3,(H,17,20)/t11-,14-/m1/s1. The molecule has 1 aromatic rings. The van der Waals surface area contributed by atoms with Gasteiger partial charge in [-0.3, -0.25) is 9.69 Å². The van der Waals surface area contributed by atoms with E-state index in [0.717, 1.165) is 42.9 Å². The van der Waals surface area contributed by atoms with Crippen LogP contribution in [0.25, 0.3) is 0 Å². The summed E-state index contributed by atoms with van der Waals surface area (Å²) in [6, 6.07) is 0.469. The molecule has 0 aromatic carbocycles. The Morgan fingerprint density at radius 1 is 1.45 bits per heavy atom. The van der Waals surface area contributed by atoms with Crippen LogP contribution in [0.1, 0.15) is 36.8 Å². The first-order valence-corrected chi connectivity index (χ1v) is 7.95. The van der Waals surface area contributed by atoms with E-state index < -0.39 is 0 Å². The minimum Gasteiger partial charge on any atom is -0.383 e. The van der Waals surface area contributed by atoms with Gasteiger partial charge in [-0.05, 0) is 33.6 Å². The van der Waals surface area contributed by atoms with Gasteiger partial charge in [0.15, 0.2) is 0 Å². The maximum atomic E-state index is 12.2. The largest absolute Gasteiger partial charge is 0.383 e. The summed E-state index contributed by atoms with van der Waals surface area (Å²) in [6.07, 6.45) is 1.98. The third kappa shape index (κ3) is 4.08. The molecule has 1 aromatic heterocycles.